The van der Waals surface area contributed by atoms with Crippen molar-refractivity contribution in [3.8, 4) is 0 Å². The molecule has 0 heterocycles. The molecular weight excluding hydrogens is 416 g/mol. The first-order valence-corrected chi connectivity index (χ1v) is 11.2. The number of ketones is 1. The zero-order chi connectivity index (χ0) is 16.8. The lowest BCUT2D eigenvalue weighted by Gasteiger charge is -2.73. The topological polar surface area (TPSA) is 17.1 Å². The van der Waals surface area contributed by atoms with Crippen molar-refractivity contribution in [1.82, 2.24) is 0 Å². The van der Waals surface area contributed by atoms with Crippen LogP contribution in [0.25, 0.3) is 0 Å². The van der Waals surface area contributed by atoms with E-state index in [-0.39, 0.29) is 10.8 Å². The van der Waals surface area contributed by atoms with Gasteiger partial charge in [0.05, 0.1) is 0 Å². The lowest BCUT2D eigenvalue weighted by Crippen LogP contribution is -2.68. The van der Waals surface area contributed by atoms with Gasteiger partial charge in [-0.15, -0.1) is 0 Å². The van der Waals surface area contributed by atoms with Gasteiger partial charge in [0.15, 0.2) is 0 Å². The van der Waals surface area contributed by atoms with Crippen LogP contribution in [-0.4, -0.2) is 15.4 Å². The van der Waals surface area contributed by atoms with Crippen molar-refractivity contribution < 1.29 is 4.79 Å². The molecule has 5 saturated carbocycles. The molecule has 5 aliphatic carbocycles. The minimum Gasteiger partial charge on any atom is -0.300 e. The largest absolute Gasteiger partial charge is 0.300 e. The minimum atomic E-state index is 0.172. The molecule has 0 aromatic rings. The van der Waals surface area contributed by atoms with Gasteiger partial charge in [0, 0.05) is 22.5 Å². The highest BCUT2D eigenvalue weighted by Gasteiger charge is 2.70. The summed E-state index contributed by atoms with van der Waals surface area (Å²) in [5.74, 6) is 2.03. The summed E-state index contributed by atoms with van der Waals surface area (Å²) < 4.78 is 0. The predicted octanol–water partition coefficient (Wildman–Crippen LogP) is 6.13. The molecule has 23 heavy (non-hydrogen) atoms. The summed E-state index contributed by atoms with van der Waals surface area (Å²) in [7, 11) is 0. The molecule has 0 aliphatic heterocycles. The third-order valence-corrected chi connectivity index (χ3v) is 11.6. The second-order valence-electron chi connectivity index (χ2n) is 10.3. The maximum absolute atomic E-state index is 12.7. The zero-order valence-electron chi connectivity index (χ0n) is 14.9. The summed E-state index contributed by atoms with van der Waals surface area (Å²) in [5, 5.41) is 0. The predicted molar refractivity (Wildman–Crippen MR) is 102 cm³/mol. The van der Waals surface area contributed by atoms with Crippen molar-refractivity contribution in [2.75, 3.05) is 0 Å². The van der Waals surface area contributed by atoms with E-state index in [2.05, 4.69) is 59.6 Å². The van der Waals surface area contributed by atoms with E-state index < -0.39 is 0 Å². The Bertz CT molecular complexity index is 542. The summed E-state index contributed by atoms with van der Waals surface area (Å²) >= 11 is 8.14. The first-order chi connectivity index (χ1) is 10.6. The molecule has 0 radical (unpaired) electrons. The average Bonchev–Trinajstić information content (AvgIpc) is 2.39. The van der Waals surface area contributed by atoms with Gasteiger partial charge in [0.2, 0.25) is 0 Å². The van der Waals surface area contributed by atoms with E-state index in [0.717, 1.165) is 18.8 Å². The number of hydrogen-bond donors (Lipinski definition) is 0. The highest BCUT2D eigenvalue weighted by molar-refractivity contribution is 9.10. The van der Waals surface area contributed by atoms with Crippen LogP contribution in [0.1, 0.15) is 72.6 Å². The number of carbonyl (C=O) groups excluding carboxylic acids is 1. The SMILES string of the molecule is CC1(C)CC(=O)C[C@@]2(C)[C@H]1CC[C@H]1CC3(C)[C@H](Br)CC12C[C@@H]3Br. The minimum absolute atomic E-state index is 0.172. The van der Waals surface area contributed by atoms with E-state index in [1.165, 1.54) is 32.1 Å². The molecule has 130 valence electrons. The molecule has 1 nitrogen and oxygen atoms in total. The van der Waals surface area contributed by atoms with Crippen LogP contribution in [0.5, 0.6) is 0 Å². The summed E-state index contributed by atoms with van der Waals surface area (Å²) in [6, 6.07) is 0. The molecule has 7 atom stereocenters. The second-order valence-corrected chi connectivity index (χ2v) is 12.5. The summed E-state index contributed by atoms with van der Waals surface area (Å²) in [6.45, 7) is 9.68. The maximum atomic E-state index is 12.7. The zero-order valence-corrected chi connectivity index (χ0v) is 18.1. The molecule has 3 heteroatoms. The number of hydrogen-bond acceptors (Lipinski definition) is 1. The van der Waals surface area contributed by atoms with Crippen LogP contribution in [0.15, 0.2) is 0 Å². The monoisotopic (exact) mass is 444 g/mol. The van der Waals surface area contributed by atoms with E-state index in [0.29, 0.717) is 32.2 Å². The Hall–Kier alpha value is 0.630. The van der Waals surface area contributed by atoms with E-state index >= 15 is 0 Å². The molecule has 0 amide bonds. The van der Waals surface area contributed by atoms with E-state index in [1.54, 1.807) is 0 Å². The smallest absolute Gasteiger partial charge is 0.134 e. The van der Waals surface area contributed by atoms with Gasteiger partial charge in [-0.3, -0.25) is 4.79 Å². The fourth-order valence-electron chi connectivity index (χ4n) is 7.70. The van der Waals surface area contributed by atoms with Gasteiger partial charge < -0.3 is 0 Å². The van der Waals surface area contributed by atoms with Gasteiger partial charge in [0.25, 0.3) is 0 Å². The Morgan fingerprint density at radius 1 is 0.913 bits per heavy atom. The lowest BCUT2D eigenvalue weighted by molar-refractivity contribution is -0.211. The van der Waals surface area contributed by atoms with E-state index in [4.69, 9.17) is 0 Å². The highest BCUT2D eigenvalue weighted by Crippen LogP contribution is 2.76. The standard InChI is InChI=1S/C20H30Br2O/c1-17(2)8-13(23)9-19(4)14(17)6-5-12-7-18(3)15(21)10-20(12,19)11-16(18)22/h12,14-16H,5-11H2,1-4H3/t12-,14-,15-,16+,18?,19-,20?/m0/s1. The van der Waals surface area contributed by atoms with Crippen molar-refractivity contribution in [1.29, 1.82) is 0 Å². The van der Waals surface area contributed by atoms with E-state index in [1.807, 2.05) is 0 Å². The fraction of sp³-hybridized carbons (Fsp3) is 0.950. The van der Waals surface area contributed by atoms with Crippen LogP contribution in [-0.2, 0) is 4.79 Å². The molecule has 0 N–H and O–H groups in total. The van der Waals surface area contributed by atoms with Crippen molar-refractivity contribution in [2.24, 2.45) is 33.5 Å². The van der Waals surface area contributed by atoms with Crippen LogP contribution in [0.4, 0.5) is 0 Å². The third kappa shape index (κ3) is 1.99. The molecule has 2 bridgehead atoms. The molecule has 5 fully saturated rings. The van der Waals surface area contributed by atoms with Gasteiger partial charge in [-0.05, 0) is 65.6 Å². The molecular formula is C20H30Br2O. The number of rotatable bonds is 0. The van der Waals surface area contributed by atoms with Gasteiger partial charge in [-0.2, -0.15) is 0 Å². The van der Waals surface area contributed by atoms with Gasteiger partial charge in [-0.1, -0.05) is 59.6 Å². The normalized spacial score (nSPS) is 57.7. The quantitative estimate of drug-likeness (QED) is 0.410. The summed E-state index contributed by atoms with van der Waals surface area (Å²) in [6.07, 6.45) is 8.20. The molecule has 5 aliphatic rings. The van der Waals surface area contributed by atoms with Crippen molar-refractivity contribution in [3.05, 3.63) is 0 Å². The average molecular weight is 446 g/mol. The van der Waals surface area contributed by atoms with Gasteiger partial charge in [-0.25, -0.2) is 0 Å². The molecule has 1 spiro atoms. The van der Waals surface area contributed by atoms with Crippen LogP contribution in [0.2, 0.25) is 0 Å². The Kier molecular flexibility index (Phi) is 3.61. The molecule has 2 unspecified atom stereocenters. The van der Waals surface area contributed by atoms with Gasteiger partial charge in [0.1, 0.15) is 5.78 Å². The first-order valence-electron chi connectivity index (χ1n) is 9.35. The van der Waals surface area contributed by atoms with Crippen molar-refractivity contribution in [2.45, 2.75) is 82.3 Å². The lowest BCUT2D eigenvalue weighted by atomic mass is 9.33. The second kappa shape index (κ2) is 4.87. The van der Waals surface area contributed by atoms with Crippen LogP contribution in [0.3, 0.4) is 0 Å². The van der Waals surface area contributed by atoms with Crippen molar-refractivity contribution in [3.63, 3.8) is 0 Å². The number of halogens is 2. The van der Waals surface area contributed by atoms with E-state index in [9.17, 15) is 4.79 Å². The molecule has 0 aromatic carbocycles. The van der Waals surface area contributed by atoms with Crippen LogP contribution >= 0.6 is 31.9 Å². The summed E-state index contributed by atoms with van der Waals surface area (Å²) in [5.41, 5.74) is 1.09. The summed E-state index contributed by atoms with van der Waals surface area (Å²) in [4.78, 5) is 13.9. The molecule has 5 rings (SSSR count). The first kappa shape index (κ1) is 17.1. The van der Waals surface area contributed by atoms with Gasteiger partial charge >= 0.3 is 0 Å². The maximum Gasteiger partial charge on any atom is 0.134 e. The van der Waals surface area contributed by atoms with Crippen LogP contribution < -0.4 is 0 Å². The molecule has 0 aromatic heterocycles. The highest BCUT2D eigenvalue weighted by atomic mass is 79.9. The van der Waals surface area contributed by atoms with Crippen LogP contribution in [0, 0.1) is 33.5 Å². The Balaban J connectivity index is 1.84. The number of Topliss-reactive ketones (excluding diaryl/α,β-unsaturated/α-hetero) is 1. The third-order valence-electron chi connectivity index (χ3n) is 8.86. The molecule has 0 saturated heterocycles. The Morgan fingerprint density at radius 3 is 2.13 bits per heavy atom. The number of carbonyl (C=O) groups is 1. The Morgan fingerprint density at radius 2 is 1.52 bits per heavy atom. The number of fused-ring (bicyclic) bond motifs is 3. The Labute approximate surface area is 158 Å². The fourth-order valence-corrected chi connectivity index (χ4v) is 10.2. The van der Waals surface area contributed by atoms with Crippen molar-refractivity contribution >= 4 is 37.6 Å². The number of alkyl halides is 2.